The fourth-order valence-corrected chi connectivity index (χ4v) is 4.83. The largest absolute Gasteiger partial charge is 0.350 e. The molecule has 0 spiro atoms. The van der Waals surface area contributed by atoms with Gasteiger partial charge >= 0.3 is 0 Å². The number of aromatic nitrogens is 5. The van der Waals surface area contributed by atoms with E-state index in [-0.39, 0.29) is 23.7 Å². The van der Waals surface area contributed by atoms with Crippen LogP contribution in [0.5, 0.6) is 0 Å². The molecule has 0 aliphatic carbocycles. The summed E-state index contributed by atoms with van der Waals surface area (Å²) in [4.78, 5) is 35.4. The third-order valence-electron chi connectivity index (χ3n) is 5.55. The van der Waals surface area contributed by atoms with Crippen molar-refractivity contribution < 1.29 is 9.18 Å². The van der Waals surface area contributed by atoms with E-state index in [1.54, 1.807) is 41.4 Å². The maximum Gasteiger partial charge on any atom is 0.268 e. The molecule has 0 saturated heterocycles. The Morgan fingerprint density at radius 1 is 1.14 bits per heavy atom. The average Bonchev–Trinajstić information content (AvgIpc) is 3.41. The Balaban J connectivity index is 1.48. The molecule has 0 saturated carbocycles. The number of nitrogens with one attached hydrogen (secondary N) is 1. The van der Waals surface area contributed by atoms with Gasteiger partial charge in [-0.15, -0.1) is 11.3 Å². The normalized spacial score (nSPS) is 11.2. The van der Waals surface area contributed by atoms with Crippen molar-refractivity contribution in [2.45, 2.75) is 26.8 Å². The highest BCUT2D eigenvalue weighted by Gasteiger charge is 2.20. The van der Waals surface area contributed by atoms with Crippen LogP contribution in [0.1, 0.15) is 22.8 Å². The molecule has 0 aliphatic heterocycles. The molecule has 0 aliphatic rings. The number of carbonyl (C=O) groups excluding carboxylic acids is 1. The SMILES string of the molecule is Cc1nc2scc(CC(=O)NCc3ccccn3)n2c(=O)c1-c1cc(C)n(-c2cccc(F)c2)n1. The van der Waals surface area contributed by atoms with Crippen LogP contribution in [0.15, 0.2) is 64.9 Å². The predicted molar refractivity (Wildman–Crippen MR) is 131 cm³/mol. The molecule has 10 heteroatoms. The molecule has 8 nitrogen and oxygen atoms in total. The van der Waals surface area contributed by atoms with Gasteiger partial charge in [0.05, 0.1) is 35.6 Å². The first kappa shape index (κ1) is 22.6. The molecule has 5 aromatic rings. The van der Waals surface area contributed by atoms with Gasteiger partial charge in [-0.3, -0.25) is 19.0 Å². The maximum absolute atomic E-state index is 13.7. The zero-order valence-electron chi connectivity index (χ0n) is 19.0. The van der Waals surface area contributed by atoms with E-state index in [4.69, 9.17) is 0 Å². The number of pyridine rings is 1. The predicted octanol–water partition coefficient (Wildman–Crippen LogP) is 3.62. The van der Waals surface area contributed by atoms with E-state index in [2.05, 4.69) is 20.4 Å². The Kier molecular flexibility index (Phi) is 5.96. The topological polar surface area (TPSA) is 94.2 Å². The van der Waals surface area contributed by atoms with E-state index in [1.807, 2.05) is 25.1 Å². The van der Waals surface area contributed by atoms with Crippen molar-refractivity contribution >= 4 is 22.2 Å². The zero-order valence-corrected chi connectivity index (χ0v) is 19.8. The van der Waals surface area contributed by atoms with Crippen LogP contribution in [-0.4, -0.2) is 30.1 Å². The Labute approximate surface area is 203 Å². The number of carbonyl (C=O) groups is 1. The zero-order chi connectivity index (χ0) is 24.5. The molecular formula is C25H21FN6O2S. The van der Waals surface area contributed by atoms with Gasteiger partial charge in [0.1, 0.15) is 11.5 Å². The van der Waals surface area contributed by atoms with Crippen molar-refractivity contribution in [3.05, 3.63) is 99.1 Å². The number of amides is 1. The van der Waals surface area contributed by atoms with Crippen molar-refractivity contribution in [2.75, 3.05) is 0 Å². The van der Waals surface area contributed by atoms with Crippen LogP contribution >= 0.6 is 11.3 Å². The molecule has 1 amide bonds. The summed E-state index contributed by atoms with van der Waals surface area (Å²) in [6.45, 7) is 3.89. The standard InChI is InChI=1S/C25H21FN6O2S/c1-15-10-21(30-32(15)19-8-5-6-17(26)11-19)23-16(2)29-25-31(24(23)34)20(14-35-25)12-22(33)28-13-18-7-3-4-9-27-18/h3-11,14H,12-13H2,1-2H3,(H,28,33). The number of nitrogens with zero attached hydrogens (tertiary/aromatic N) is 5. The second-order valence-electron chi connectivity index (χ2n) is 8.06. The van der Waals surface area contributed by atoms with Crippen LogP contribution in [0.4, 0.5) is 4.39 Å². The molecule has 0 radical (unpaired) electrons. The molecule has 0 unspecified atom stereocenters. The number of benzene rings is 1. The Bertz CT molecular complexity index is 1610. The Hall–Kier alpha value is -4.18. The summed E-state index contributed by atoms with van der Waals surface area (Å²) < 4.78 is 16.8. The number of hydrogen-bond acceptors (Lipinski definition) is 6. The molecule has 0 atom stereocenters. The molecule has 5 rings (SSSR count). The van der Waals surface area contributed by atoms with Crippen molar-refractivity contribution in [1.29, 1.82) is 0 Å². The molecule has 0 bridgehead atoms. The van der Waals surface area contributed by atoms with Gasteiger partial charge in [-0.1, -0.05) is 12.1 Å². The van der Waals surface area contributed by atoms with Crippen molar-refractivity contribution in [3.8, 4) is 16.9 Å². The number of rotatable bonds is 6. The van der Waals surface area contributed by atoms with Gasteiger partial charge in [-0.2, -0.15) is 5.10 Å². The van der Waals surface area contributed by atoms with Crippen molar-refractivity contribution in [2.24, 2.45) is 0 Å². The van der Waals surface area contributed by atoms with E-state index in [9.17, 15) is 14.0 Å². The summed E-state index contributed by atoms with van der Waals surface area (Å²) in [5.74, 6) is -0.599. The van der Waals surface area contributed by atoms with Crippen LogP contribution < -0.4 is 10.9 Å². The van der Waals surface area contributed by atoms with Crippen LogP contribution in [0.3, 0.4) is 0 Å². The highest BCUT2D eigenvalue weighted by atomic mass is 32.1. The summed E-state index contributed by atoms with van der Waals surface area (Å²) in [6.07, 6.45) is 1.69. The minimum Gasteiger partial charge on any atom is -0.350 e. The molecule has 1 aromatic carbocycles. The lowest BCUT2D eigenvalue weighted by molar-refractivity contribution is -0.120. The summed E-state index contributed by atoms with van der Waals surface area (Å²) >= 11 is 1.30. The fourth-order valence-electron chi connectivity index (χ4n) is 3.91. The Morgan fingerprint density at radius 2 is 2.00 bits per heavy atom. The minimum atomic E-state index is -0.373. The van der Waals surface area contributed by atoms with E-state index in [0.717, 1.165) is 11.4 Å². The second kappa shape index (κ2) is 9.22. The molecule has 35 heavy (non-hydrogen) atoms. The fraction of sp³-hybridized carbons (Fsp3) is 0.160. The number of hydrogen-bond donors (Lipinski definition) is 1. The second-order valence-corrected chi connectivity index (χ2v) is 8.90. The number of thiazole rings is 1. The average molecular weight is 489 g/mol. The Morgan fingerprint density at radius 3 is 2.77 bits per heavy atom. The van der Waals surface area contributed by atoms with Gasteiger partial charge in [0.2, 0.25) is 5.91 Å². The first-order valence-electron chi connectivity index (χ1n) is 10.9. The van der Waals surface area contributed by atoms with Crippen molar-refractivity contribution in [1.82, 2.24) is 29.5 Å². The van der Waals surface area contributed by atoms with Gasteiger partial charge < -0.3 is 5.32 Å². The van der Waals surface area contributed by atoms with Crippen molar-refractivity contribution in [3.63, 3.8) is 0 Å². The van der Waals surface area contributed by atoms with Crippen LogP contribution in [0.2, 0.25) is 0 Å². The number of halogens is 1. The molecule has 0 fully saturated rings. The van der Waals surface area contributed by atoms with Crippen LogP contribution in [0.25, 0.3) is 21.9 Å². The van der Waals surface area contributed by atoms with E-state index >= 15 is 0 Å². The maximum atomic E-state index is 13.7. The third kappa shape index (κ3) is 4.47. The van der Waals surface area contributed by atoms with E-state index in [0.29, 0.717) is 39.8 Å². The van der Waals surface area contributed by atoms with Gasteiger partial charge in [0.25, 0.3) is 5.56 Å². The van der Waals surface area contributed by atoms with Gasteiger partial charge in [0.15, 0.2) is 4.96 Å². The quantitative estimate of drug-likeness (QED) is 0.394. The third-order valence-corrected chi connectivity index (χ3v) is 6.43. The summed E-state index contributed by atoms with van der Waals surface area (Å²) in [5, 5.41) is 9.17. The number of fused-ring (bicyclic) bond motifs is 1. The van der Waals surface area contributed by atoms with Gasteiger partial charge in [-0.05, 0) is 50.2 Å². The smallest absolute Gasteiger partial charge is 0.268 e. The highest BCUT2D eigenvalue weighted by Crippen LogP contribution is 2.23. The lowest BCUT2D eigenvalue weighted by Gasteiger charge is -2.07. The van der Waals surface area contributed by atoms with Crippen LogP contribution in [-0.2, 0) is 17.8 Å². The summed E-state index contributed by atoms with van der Waals surface area (Å²) in [5.41, 5.74) is 3.61. The lowest BCUT2D eigenvalue weighted by Crippen LogP contribution is -2.27. The first-order valence-corrected chi connectivity index (χ1v) is 11.8. The highest BCUT2D eigenvalue weighted by molar-refractivity contribution is 7.15. The molecule has 4 heterocycles. The van der Waals surface area contributed by atoms with Gasteiger partial charge in [0, 0.05) is 23.0 Å². The van der Waals surface area contributed by atoms with Crippen LogP contribution in [0, 0.1) is 19.7 Å². The van der Waals surface area contributed by atoms with E-state index in [1.165, 1.54) is 27.9 Å². The molecular weight excluding hydrogens is 467 g/mol. The minimum absolute atomic E-state index is 0.0215. The molecule has 1 N–H and O–H groups in total. The van der Waals surface area contributed by atoms with E-state index < -0.39 is 0 Å². The molecule has 176 valence electrons. The summed E-state index contributed by atoms with van der Waals surface area (Å²) in [7, 11) is 0. The number of aryl methyl sites for hydroxylation is 2. The lowest BCUT2D eigenvalue weighted by atomic mass is 10.1. The molecule has 4 aromatic heterocycles. The first-order chi connectivity index (χ1) is 16.9. The summed E-state index contributed by atoms with van der Waals surface area (Å²) in [6, 6.07) is 13.4. The van der Waals surface area contributed by atoms with Gasteiger partial charge in [-0.25, -0.2) is 14.1 Å². The monoisotopic (exact) mass is 488 g/mol.